The maximum atomic E-state index is 13.1. The molecule has 18 rings (SSSR count). The van der Waals surface area contributed by atoms with Crippen LogP contribution in [0.4, 0.5) is 28.4 Å². The van der Waals surface area contributed by atoms with E-state index in [1.54, 1.807) is 24.3 Å². The molecule has 2 amide bonds. The molecule has 6 heterocycles. The Kier molecular flexibility index (Phi) is 42.4. The molecule has 22 nitrogen and oxygen atoms in total. The molecular formula is C114H113Br6N8O14S2-5. The number of aromatic nitrogens is 3. The number of nitrogens with one attached hydrogen (secondary N) is 2. The molecule has 3 aliphatic rings. The lowest BCUT2D eigenvalue weighted by atomic mass is 10.0. The van der Waals surface area contributed by atoms with Crippen LogP contribution in [0.25, 0.3) is 96.0 Å². The Balaban J connectivity index is 0.000000218. The molecule has 144 heavy (non-hydrogen) atoms. The number of benzene rings is 12. The van der Waals surface area contributed by atoms with Crippen LogP contribution in [0.3, 0.4) is 0 Å². The summed E-state index contributed by atoms with van der Waals surface area (Å²) in [5.41, 5.74) is 21.7. The van der Waals surface area contributed by atoms with Crippen molar-refractivity contribution in [2.75, 3.05) is 56.5 Å². The van der Waals surface area contributed by atoms with Crippen molar-refractivity contribution < 1.29 is 179 Å². The zero-order chi connectivity index (χ0) is 96.2. The standard InChI is InChI=1S/C40H40N4O4.C38H39N2O2.C36H34N2O8S2.6BrH/c1-4-6-22-43-33-26-29(39(45)41-31-14-10-8-11-15-31)18-20-35(33)47-37(43)24-28(3)25-38-44(23-7-5-2)34-27-30(19-21-36(34)48-38)40(46)42-32-16-12-9-13-17-32;1-4-6-22-39-33-26-31(29-14-10-8-11-15-29)18-20-35(33)41-37(39)24-28(3)25-38-40(23-7-5-2)34-27-32(19-21-36(34)42-38)30-16-12-9-13-17-30;1-26(22-35-37(18-8-20-47(39,40)41)31-24-29(14-16-33(31)45-35)27-10-4-2-5-11-27)23-36-38(19-9-21-48(42,43)44)32-25-30(15-17-34(32)46-36)28-12-6-3-7-13-28;;;;;;/h8-21,24-27H,4-7,22-23H2,1-3H3,(H-,41,42,45,46);8-21,24-27H,4-7,22-23H2,1-3H3;2-7,10-17,22-25H,8-9,18-21H2,1H3,(H-,39,40,41,42,43,44);6*1H/q;+1;;;;;;;/p-6. The van der Waals surface area contributed by atoms with Crippen LogP contribution < -0.4 is 155 Å². The van der Waals surface area contributed by atoms with Crippen LogP contribution in [0.5, 0.6) is 17.2 Å². The SMILES string of the molecule is CC(=Cc1oc2ccc(-c3ccccc3)cc2[n+]1CCCS(=O)(=O)[O-])C=C1Oc2ccc(-c3ccccc3)cc2N1CCCS(=O)(=O)[O-].CCCCN1C(=CC(C)=Cc2oc3ccc(-c4ccccc4)cc3[n+]2CCCC)Oc2ccc(-c3ccccc3)cc21.CCCCN1C(=CC(C)=Cc2oc3ccc(C(=O)Nc4ccccc4)cc3[n+]2CCCC)Oc2ccc(C(=O)Nc3ccccc3)cc21.[Br-].[Br-].[Br-].[Br-].[Br-].[Br-]. The highest BCUT2D eigenvalue weighted by Gasteiger charge is 2.33. The molecule has 752 valence electrons. The Morgan fingerprint density at radius 1 is 0.319 bits per heavy atom. The molecule has 3 aromatic heterocycles. The molecule has 0 radical (unpaired) electrons. The van der Waals surface area contributed by atoms with Gasteiger partial charge in [-0.05, 0) is 192 Å². The number of ether oxygens (including phenoxy) is 3. The number of carbonyl (C=O) groups excluding carboxylic acids is 2. The summed E-state index contributed by atoms with van der Waals surface area (Å²) in [6.45, 7) is 18.5. The van der Waals surface area contributed by atoms with E-state index in [4.69, 9.17) is 27.5 Å². The predicted molar refractivity (Wildman–Crippen MR) is 546 cm³/mol. The Morgan fingerprint density at radius 3 is 0.944 bits per heavy atom. The minimum Gasteiger partial charge on any atom is -1.00 e. The summed E-state index contributed by atoms with van der Waals surface area (Å²) >= 11 is 0. The molecule has 15 aromatic rings. The number of halogens is 6. The van der Waals surface area contributed by atoms with E-state index in [0.717, 1.165) is 185 Å². The average molecular weight is 2360 g/mol. The second-order valence-electron chi connectivity index (χ2n) is 34.5. The number of carbonyl (C=O) groups is 2. The maximum Gasteiger partial charge on any atom is 0.374 e. The Labute approximate surface area is 905 Å². The van der Waals surface area contributed by atoms with Crippen molar-refractivity contribution in [3.63, 3.8) is 0 Å². The third-order valence-corrected chi connectivity index (χ3v) is 25.6. The number of aryl methyl sites for hydroxylation is 3. The van der Waals surface area contributed by atoms with Gasteiger partial charge in [0.2, 0.25) is 34.4 Å². The lowest BCUT2D eigenvalue weighted by Crippen LogP contribution is -3.00. The fourth-order valence-electron chi connectivity index (χ4n) is 17.0. The van der Waals surface area contributed by atoms with E-state index >= 15 is 0 Å². The van der Waals surface area contributed by atoms with Crippen LogP contribution in [0, 0.1) is 0 Å². The summed E-state index contributed by atoms with van der Waals surface area (Å²) in [4.78, 5) is 32.5. The third-order valence-electron chi connectivity index (χ3n) is 24.0. The van der Waals surface area contributed by atoms with E-state index in [1.807, 2.05) is 217 Å². The number of anilines is 5. The summed E-state index contributed by atoms with van der Waals surface area (Å²) in [5, 5.41) is 5.94. The molecule has 30 heteroatoms. The van der Waals surface area contributed by atoms with Gasteiger partial charge in [0, 0.05) is 109 Å². The van der Waals surface area contributed by atoms with Crippen molar-refractivity contribution in [3.8, 4) is 61.8 Å². The summed E-state index contributed by atoms with van der Waals surface area (Å²) < 4.78 is 113. The zero-order valence-electron chi connectivity index (χ0n) is 80.9. The number of amides is 2. The first-order chi connectivity index (χ1) is 67.0. The van der Waals surface area contributed by atoms with Crippen molar-refractivity contribution >= 4 is 112 Å². The Hall–Kier alpha value is -12.1. The quantitative estimate of drug-likeness (QED) is 0.0308. The molecule has 0 unspecified atom stereocenters. The fraction of sp³-hybridized carbons (Fsp3) is 0.219. The first kappa shape index (κ1) is 114. The summed E-state index contributed by atoms with van der Waals surface area (Å²) in [7, 11) is -8.80. The molecule has 0 bridgehead atoms. The van der Waals surface area contributed by atoms with Crippen molar-refractivity contribution in [2.24, 2.45) is 0 Å². The topological polar surface area (TPSA) is 261 Å². The van der Waals surface area contributed by atoms with Crippen molar-refractivity contribution in [2.45, 2.75) is 132 Å². The summed E-state index contributed by atoms with van der Waals surface area (Å²) in [6, 6.07) is 95.2. The minimum absolute atomic E-state index is 0. The number of hydrogen-bond donors (Lipinski definition) is 2. The largest absolute Gasteiger partial charge is 1.00 e. The Morgan fingerprint density at radius 2 is 0.597 bits per heavy atom. The smallest absolute Gasteiger partial charge is 0.374 e. The number of rotatable bonds is 34. The molecule has 0 spiro atoms. The van der Waals surface area contributed by atoms with E-state index in [9.17, 15) is 35.5 Å². The first-order valence-electron chi connectivity index (χ1n) is 47.2. The molecule has 0 fully saturated rings. The van der Waals surface area contributed by atoms with Gasteiger partial charge >= 0.3 is 17.7 Å². The second kappa shape index (κ2) is 53.7. The monoisotopic (exact) mass is 2360 g/mol. The van der Waals surface area contributed by atoms with Crippen molar-refractivity contribution in [3.05, 3.63) is 373 Å². The van der Waals surface area contributed by atoms with Gasteiger partial charge in [0.15, 0.2) is 36.9 Å². The van der Waals surface area contributed by atoms with Gasteiger partial charge in [0.25, 0.3) is 28.4 Å². The van der Waals surface area contributed by atoms with Crippen LogP contribution in [0.15, 0.2) is 357 Å². The molecule has 2 N–H and O–H groups in total. The van der Waals surface area contributed by atoms with Crippen LogP contribution in [0.2, 0.25) is 0 Å². The van der Waals surface area contributed by atoms with Crippen molar-refractivity contribution in [1.29, 1.82) is 0 Å². The number of nitrogens with zero attached hydrogens (tertiary/aromatic N) is 6. The maximum absolute atomic E-state index is 13.1. The fourth-order valence-corrected chi connectivity index (χ4v) is 17.9. The van der Waals surface area contributed by atoms with Gasteiger partial charge in [-0.25, -0.2) is 16.8 Å². The van der Waals surface area contributed by atoms with Gasteiger partial charge < -0.3 is 164 Å². The van der Waals surface area contributed by atoms with Crippen LogP contribution >= 0.6 is 0 Å². The van der Waals surface area contributed by atoms with Crippen LogP contribution in [-0.2, 0) is 39.9 Å². The van der Waals surface area contributed by atoms with E-state index in [1.165, 1.54) is 22.3 Å². The highest BCUT2D eigenvalue weighted by Crippen LogP contribution is 2.46. The first-order valence-corrected chi connectivity index (χ1v) is 50.4. The molecular weight excluding hydrogens is 2250 g/mol. The van der Waals surface area contributed by atoms with Gasteiger partial charge in [-0.3, -0.25) is 9.59 Å². The summed E-state index contributed by atoms with van der Waals surface area (Å²) in [5.74, 6) is 4.84. The van der Waals surface area contributed by atoms with E-state index in [2.05, 4.69) is 173 Å². The number of hydrogen-bond acceptors (Lipinski definition) is 17. The molecule has 0 saturated heterocycles. The highest BCUT2D eigenvalue weighted by atomic mass is 79.9. The molecule has 0 saturated carbocycles. The second-order valence-corrected chi connectivity index (χ2v) is 37.5. The highest BCUT2D eigenvalue weighted by molar-refractivity contribution is 7.85. The van der Waals surface area contributed by atoms with Crippen LogP contribution in [-0.4, -0.2) is 68.9 Å². The summed E-state index contributed by atoms with van der Waals surface area (Å²) in [6.07, 6.45) is 20.5. The molecule has 0 aliphatic carbocycles. The van der Waals surface area contributed by atoms with Crippen molar-refractivity contribution in [1.82, 2.24) is 0 Å². The molecule has 12 aromatic carbocycles. The van der Waals surface area contributed by atoms with Gasteiger partial charge in [-0.1, -0.05) is 235 Å². The number of para-hydroxylation sites is 2. The number of allylic oxidation sites excluding steroid dienone is 6. The van der Waals surface area contributed by atoms with Crippen LogP contribution in [0.1, 0.15) is 151 Å². The number of oxazole rings is 3. The third kappa shape index (κ3) is 29.2. The minimum atomic E-state index is -4.40. The molecule has 3 aliphatic heterocycles. The van der Waals surface area contributed by atoms with E-state index in [0.29, 0.717) is 57.3 Å². The van der Waals surface area contributed by atoms with E-state index < -0.39 is 31.7 Å². The number of unbranched alkanes of at least 4 members (excludes halogenated alkanes) is 4. The van der Waals surface area contributed by atoms with Gasteiger partial charge in [0.1, 0.15) is 0 Å². The average Bonchev–Trinajstić information content (AvgIpc) is 1.65. The van der Waals surface area contributed by atoms with Gasteiger partial charge in [-0.15, -0.1) is 0 Å². The van der Waals surface area contributed by atoms with Gasteiger partial charge in [0.05, 0.1) is 55.5 Å². The van der Waals surface area contributed by atoms with E-state index in [-0.39, 0.29) is 140 Å². The molecule has 0 atom stereocenters. The predicted octanol–water partition coefficient (Wildman–Crippen LogP) is 6.86. The lowest BCUT2D eigenvalue weighted by molar-refractivity contribution is -0.678. The lowest BCUT2D eigenvalue weighted by Gasteiger charge is -2.19. The number of fused-ring (bicyclic) bond motifs is 6. The van der Waals surface area contributed by atoms with Gasteiger partial charge in [-0.2, -0.15) is 13.7 Å². The Bertz CT molecular complexity index is 7360. The zero-order valence-corrected chi connectivity index (χ0v) is 92.0. The normalized spacial score (nSPS) is 13.4.